The van der Waals surface area contributed by atoms with Gasteiger partial charge in [-0.25, -0.2) is 0 Å². The van der Waals surface area contributed by atoms with E-state index >= 15 is 0 Å². The highest BCUT2D eigenvalue weighted by Gasteiger charge is 2.23. The number of piperazine rings is 1. The molecule has 1 amide bonds. The van der Waals surface area contributed by atoms with Crippen molar-refractivity contribution in [2.75, 3.05) is 19.6 Å². The van der Waals surface area contributed by atoms with Gasteiger partial charge in [0.2, 0.25) is 0 Å². The third-order valence-electron chi connectivity index (χ3n) is 2.70. The van der Waals surface area contributed by atoms with E-state index in [0.29, 0.717) is 11.7 Å². The zero-order valence-electron chi connectivity index (χ0n) is 9.51. The van der Waals surface area contributed by atoms with Crippen molar-refractivity contribution in [2.24, 2.45) is 7.05 Å². The average Bonchev–Trinajstić information content (AvgIpc) is 2.63. The van der Waals surface area contributed by atoms with Crippen LogP contribution >= 0.6 is 12.4 Å². The van der Waals surface area contributed by atoms with Gasteiger partial charge in [-0.2, -0.15) is 5.10 Å². The van der Waals surface area contributed by atoms with Gasteiger partial charge in [0.15, 0.2) is 0 Å². The third kappa shape index (κ3) is 2.54. The van der Waals surface area contributed by atoms with Crippen molar-refractivity contribution in [3.63, 3.8) is 0 Å². The first kappa shape index (κ1) is 13.0. The molecular formula is C10H17ClN4O. The standard InChI is InChI=1S/C10H16N4O.ClH/c1-8-7-14(6-5-11-8)10(15)9-3-4-12-13(9)2;/h3-4,8,11H,5-7H2,1-2H3;1H. The van der Waals surface area contributed by atoms with Gasteiger partial charge >= 0.3 is 0 Å². The lowest BCUT2D eigenvalue weighted by molar-refractivity contribution is 0.0698. The van der Waals surface area contributed by atoms with E-state index < -0.39 is 0 Å². The summed E-state index contributed by atoms with van der Waals surface area (Å²) >= 11 is 0. The maximum Gasteiger partial charge on any atom is 0.272 e. The van der Waals surface area contributed by atoms with Crippen LogP contribution in [0.5, 0.6) is 0 Å². The second-order valence-electron chi connectivity index (χ2n) is 3.95. The first-order valence-electron chi connectivity index (χ1n) is 5.19. The van der Waals surface area contributed by atoms with E-state index in [9.17, 15) is 4.79 Å². The number of aryl methyl sites for hydroxylation is 1. The van der Waals surface area contributed by atoms with E-state index in [2.05, 4.69) is 17.3 Å². The van der Waals surface area contributed by atoms with Crippen LogP contribution in [0.3, 0.4) is 0 Å². The van der Waals surface area contributed by atoms with Crippen LogP contribution in [-0.2, 0) is 7.05 Å². The molecule has 0 saturated carbocycles. The Morgan fingerprint density at radius 1 is 1.62 bits per heavy atom. The van der Waals surface area contributed by atoms with Crippen molar-refractivity contribution < 1.29 is 4.79 Å². The number of amides is 1. The fourth-order valence-electron chi connectivity index (χ4n) is 1.86. The van der Waals surface area contributed by atoms with Gasteiger partial charge in [-0.3, -0.25) is 9.48 Å². The normalized spacial score (nSPS) is 20.4. The molecule has 1 aromatic rings. The fraction of sp³-hybridized carbons (Fsp3) is 0.600. The fourth-order valence-corrected chi connectivity index (χ4v) is 1.86. The minimum atomic E-state index is 0. The number of hydrogen-bond donors (Lipinski definition) is 1. The first-order valence-corrected chi connectivity index (χ1v) is 5.19. The Hall–Kier alpha value is -1.07. The molecule has 0 aliphatic carbocycles. The van der Waals surface area contributed by atoms with E-state index in [1.54, 1.807) is 24.0 Å². The predicted molar refractivity (Wildman–Crippen MR) is 63.8 cm³/mol. The molecule has 1 saturated heterocycles. The molecule has 0 aromatic carbocycles. The molecule has 1 atom stereocenters. The average molecular weight is 245 g/mol. The van der Waals surface area contributed by atoms with Crippen LogP contribution in [0.4, 0.5) is 0 Å². The van der Waals surface area contributed by atoms with Crippen LogP contribution in [0.25, 0.3) is 0 Å². The lowest BCUT2D eigenvalue weighted by Crippen LogP contribution is -2.51. The molecule has 0 spiro atoms. The van der Waals surface area contributed by atoms with Crippen molar-refractivity contribution in [3.05, 3.63) is 18.0 Å². The van der Waals surface area contributed by atoms with Crippen LogP contribution < -0.4 is 5.32 Å². The second kappa shape index (κ2) is 5.32. The van der Waals surface area contributed by atoms with E-state index in [0.717, 1.165) is 19.6 Å². The molecule has 1 aliphatic rings. The predicted octanol–water partition coefficient (Wildman–Crippen LogP) is 0.276. The molecule has 6 heteroatoms. The number of nitrogens with zero attached hydrogens (tertiary/aromatic N) is 3. The summed E-state index contributed by atoms with van der Waals surface area (Å²) in [5.41, 5.74) is 0.657. The molecule has 1 aromatic heterocycles. The van der Waals surface area contributed by atoms with Crippen LogP contribution in [0.1, 0.15) is 17.4 Å². The minimum absolute atomic E-state index is 0. The number of rotatable bonds is 1. The maximum atomic E-state index is 12.1. The Kier molecular flexibility index (Phi) is 4.32. The third-order valence-corrected chi connectivity index (χ3v) is 2.70. The number of hydrogen-bond acceptors (Lipinski definition) is 3. The van der Waals surface area contributed by atoms with E-state index in [-0.39, 0.29) is 18.3 Å². The van der Waals surface area contributed by atoms with E-state index in [4.69, 9.17) is 0 Å². The van der Waals surface area contributed by atoms with Crippen LogP contribution in [0.15, 0.2) is 12.3 Å². The topological polar surface area (TPSA) is 50.2 Å². The van der Waals surface area contributed by atoms with Crippen LogP contribution in [0, 0.1) is 0 Å². The van der Waals surface area contributed by atoms with Crippen LogP contribution in [0.2, 0.25) is 0 Å². The minimum Gasteiger partial charge on any atom is -0.335 e. The van der Waals surface area contributed by atoms with Gasteiger partial charge in [0, 0.05) is 38.9 Å². The van der Waals surface area contributed by atoms with Crippen molar-refractivity contribution >= 4 is 18.3 Å². The van der Waals surface area contributed by atoms with Gasteiger partial charge < -0.3 is 10.2 Å². The second-order valence-corrected chi connectivity index (χ2v) is 3.95. The Labute approximate surface area is 101 Å². The van der Waals surface area contributed by atoms with Gasteiger partial charge in [-0.15, -0.1) is 12.4 Å². The summed E-state index contributed by atoms with van der Waals surface area (Å²) in [5.74, 6) is 0.0725. The zero-order chi connectivity index (χ0) is 10.8. The first-order chi connectivity index (χ1) is 7.18. The van der Waals surface area contributed by atoms with Crippen molar-refractivity contribution in [1.82, 2.24) is 20.0 Å². The molecule has 1 N–H and O–H groups in total. The molecule has 16 heavy (non-hydrogen) atoms. The largest absolute Gasteiger partial charge is 0.335 e. The van der Waals surface area contributed by atoms with E-state index in [1.807, 2.05) is 4.90 Å². The summed E-state index contributed by atoms with van der Waals surface area (Å²) in [6.45, 7) is 4.49. The summed E-state index contributed by atoms with van der Waals surface area (Å²) in [7, 11) is 1.79. The molecule has 1 fully saturated rings. The van der Waals surface area contributed by atoms with Gasteiger partial charge in [-0.05, 0) is 13.0 Å². The summed E-state index contributed by atoms with van der Waals surface area (Å²) in [4.78, 5) is 13.9. The highest BCUT2D eigenvalue weighted by Crippen LogP contribution is 2.06. The molecule has 90 valence electrons. The number of carbonyl (C=O) groups is 1. The molecule has 2 rings (SSSR count). The molecule has 1 unspecified atom stereocenters. The lowest BCUT2D eigenvalue weighted by Gasteiger charge is -2.31. The number of halogens is 1. The van der Waals surface area contributed by atoms with Crippen molar-refractivity contribution in [1.29, 1.82) is 0 Å². The Bertz CT molecular complexity index is 365. The number of aromatic nitrogens is 2. The van der Waals surface area contributed by atoms with Gasteiger partial charge in [0.05, 0.1) is 0 Å². The highest BCUT2D eigenvalue weighted by atomic mass is 35.5. The molecular weight excluding hydrogens is 228 g/mol. The monoisotopic (exact) mass is 244 g/mol. The molecule has 5 nitrogen and oxygen atoms in total. The molecule has 1 aliphatic heterocycles. The Morgan fingerprint density at radius 2 is 2.38 bits per heavy atom. The number of nitrogens with one attached hydrogen (secondary N) is 1. The van der Waals surface area contributed by atoms with E-state index in [1.165, 1.54) is 0 Å². The van der Waals surface area contributed by atoms with Crippen molar-refractivity contribution in [2.45, 2.75) is 13.0 Å². The molecule has 2 heterocycles. The summed E-state index contributed by atoms with van der Waals surface area (Å²) in [5, 5.41) is 7.32. The molecule has 0 bridgehead atoms. The Balaban J connectivity index is 0.00000128. The van der Waals surface area contributed by atoms with Gasteiger partial charge in [0.25, 0.3) is 5.91 Å². The summed E-state index contributed by atoms with van der Waals surface area (Å²) < 4.78 is 1.62. The van der Waals surface area contributed by atoms with Gasteiger partial charge in [0.1, 0.15) is 5.69 Å². The number of carbonyl (C=O) groups excluding carboxylic acids is 1. The van der Waals surface area contributed by atoms with Crippen LogP contribution in [-0.4, -0.2) is 46.3 Å². The smallest absolute Gasteiger partial charge is 0.272 e. The van der Waals surface area contributed by atoms with Gasteiger partial charge in [-0.1, -0.05) is 0 Å². The quantitative estimate of drug-likeness (QED) is 0.772. The highest BCUT2D eigenvalue weighted by molar-refractivity contribution is 5.92. The molecule has 0 radical (unpaired) electrons. The maximum absolute atomic E-state index is 12.1. The van der Waals surface area contributed by atoms with Crippen molar-refractivity contribution in [3.8, 4) is 0 Å². The summed E-state index contributed by atoms with van der Waals surface area (Å²) in [6.07, 6.45) is 1.65. The lowest BCUT2D eigenvalue weighted by atomic mass is 10.2. The summed E-state index contributed by atoms with van der Waals surface area (Å²) in [6, 6.07) is 2.13. The Morgan fingerprint density at radius 3 is 2.94 bits per heavy atom. The zero-order valence-corrected chi connectivity index (χ0v) is 10.3. The SMILES string of the molecule is CC1CN(C(=O)c2ccnn2C)CCN1.Cl.